The van der Waals surface area contributed by atoms with E-state index in [1.165, 1.54) is 17.7 Å². The molecular formula is C17H14N2O2S. The molecule has 4 nitrogen and oxygen atoms in total. The second-order valence-corrected chi connectivity index (χ2v) is 6.86. The van der Waals surface area contributed by atoms with Gasteiger partial charge in [-0.25, -0.2) is 13.3 Å². The Morgan fingerprint density at radius 3 is 2.77 bits per heavy atom. The molecule has 5 heteroatoms. The fraction of sp³-hybridized carbons (Fsp3) is 0.118. The second-order valence-electron chi connectivity index (χ2n) is 5.18. The Morgan fingerprint density at radius 2 is 2.00 bits per heavy atom. The molecule has 2 aromatic carbocycles. The first-order chi connectivity index (χ1) is 10.5. The molecule has 0 atom stereocenters. The Kier molecular flexibility index (Phi) is 3.47. The van der Waals surface area contributed by atoms with Crippen LogP contribution in [0.3, 0.4) is 0 Å². The van der Waals surface area contributed by atoms with Crippen molar-refractivity contribution in [2.24, 2.45) is 0 Å². The van der Waals surface area contributed by atoms with E-state index in [-0.39, 0.29) is 4.90 Å². The van der Waals surface area contributed by atoms with Crippen LogP contribution in [0.25, 0.3) is 10.4 Å². The third kappa shape index (κ3) is 2.61. The summed E-state index contributed by atoms with van der Waals surface area (Å²) in [7, 11) is -3.69. The van der Waals surface area contributed by atoms with E-state index in [0.717, 1.165) is 17.6 Å². The van der Waals surface area contributed by atoms with Gasteiger partial charge in [0.05, 0.1) is 11.5 Å². The van der Waals surface area contributed by atoms with Crippen molar-refractivity contribution in [1.29, 1.82) is 0 Å². The van der Waals surface area contributed by atoms with Gasteiger partial charge >= 0.3 is 0 Å². The normalized spacial score (nSPS) is 13.2. The van der Waals surface area contributed by atoms with Gasteiger partial charge in [0.15, 0.2) is 5.69 Å². The number of nitrogens with zero attached hydrogens (tertiary/aromatic N) is 1. The largest absolute Gasteiger partial charge is 0.280 e. The van der Waals surface area contributed by atoms with Crippen molar-refractivity contribution in [3.05, 3.63) is 71.1 Å². The minimum absolute atomic E-state index is 0.0914. The number of allylic oxidation sites excluding steroid dienone is 2. The zero-order valence-corrected chi connectivity index (χ0v) is 12.8. The minimum atomic E-state index is -3.69. The third-order valence-electron chi connectivity index (χ3n) is 3.67. The molecule has 0 saturated heterocycles. The van der Waals surface area contributed by atoms with Crippen LogP contribution < -0.4 is 4.72 Å². The van der Waals surface area contributed by atoms with Crippen LogP contribution in [0.1, 0.15) is 18.1 Å². The summed E-state index contributed by atoms with van der Waals surface area (Å²) >= 11 is 0. The van der Waals surface area contributed by atoms with Crippen LogP contribution in [0.15, 0.2) is 53.4 Å². The summed E-state index contributed by atoms with van der Waals surface area (Å²) in [6.45, 7) is 8.99. The Bertz CT molecular complexity index is 922. The fourth-order valence-electron chi connectivity index (χ4n) is 2.49. The number of fused-ring (bicyclic) bond motifs is 1. The number of benzene rings is 2. The van der Waals surface area contributed by atoms with E-state index in [4.69, 9.17) is 6.57 Å². The molecule has 3 rings (SSSR count). The number of hydrogen-bond donors (Lipinski definition) is 1. The van der Waals surface area contributed by atoms with Gasteiger partial charge < -0.3 is 0 Å². The minimum Gasteiger partial charge on any atom is -0.280 e. The van der Waals surface area contributed by atoms with Crippen LogP contribution in [0.4, 0.5) is 11.4 Å². The van der Waals surface area contributed by atoms with Gasteiger partial charge in [0, 0.05) is 5.69 Å². The highest BCUT2D eigenvalue weighted by atomic mass is 32.2. The van der Waals surface area contributed by atoms with Crippen molar-refractivity contribution in [2.45, 2.75) is 18.2 Å². The number of sulfonamides is 1. The van der Waals surface area contributed by atoms with Gasteiger partial charge in [0.1, 0.15) is 0 Å². The monoisotopic (exact) mass is 310 g/mol. The molecule has 1 aliphatic carbocycles. The van der Waals surface area contributed by atoms with Crippen molar-refractivity contribution in [3.63, 3.8) is 0 Å². The van der Waals surface area contributed by atoms with Crippen LogP contribution >= 0.6 is 0 Å². The lowest BCUT2D eigenvalue weighted by molar-refractivity contribution is 0.601. The summed E-state index contributed by atoms with van der Waals surface area (Å²) in [6.07, 6.45) is 3.02. The van der Waals surface area contributed by atoms with Gasteiger partial charge in [-0.15, -0.1) is 0 Å². The van der Waals surface area contributed by atoms with Crippen molar-refractivity contribution in [1.82, 2.24) is 0 Å². The summed E-state index contributed by atoms with van der Waals surface area (Å²) in [6, 6.07) is 11.6. The van der Waals surface area contributed by atoms with Gasteiger partial charge in [-0.1, -0.05) is 24.3 Å². The predicted octanol–water partition coefficient (Wildman–Crippen LogP) is 4.00. The summed E-state index contributed by atoms with van der Waals surface area (Å²) in [5.41, 5.74) is 4.27. The molecule has 0 radical (unpaired) electrons. The zero-order chi connectivity index (χ0) is 15.7. The summed E-state index contributed by atoms with van der Waals surface area (Å²) in [4.78, 5) is 3.35. The first kappa shape index (κ1) is 14.4. The molecule has 22 heavy (non-hydrogen) atoms. The van der Waals surface area contributed by atoms with E-state index in [9.17, 15) is 8.42 Å². The number of anilines is 1. The Hall–Kier alpha value is -2.58. The first-order valence-corrected chi connectivity index (χ1v) is 8.28. The SMILES string of the molecule is [C-]#[N+]c1cccc(S(=O)(=O)Nc2ccc3c(c2)C(C)=CC3)c1. The lowest BCUT2D eigenvalue weighted by atomic mass is 10.1. The standard InChI is InChI=1S/C17H14N2O2S/c1-12-6-7-13-8-9-15(11-17(12)13)19-22(20,21)16-5-3-4-14(10-16)18-2/h3-6,8-11,19H,7H2,1H3. The van der Waals surface area contributed by atoms with E-state index in [0.29, 0.717) is 11.4 Å². The maximum atomic E-state index is 12.4. The summed E-state index contributed by atoms with van der Waals surface area (Å²) in [5.74, 6) is 0. The third-order valence-corrected chi connectivity index (χ3v) is 5.05. The van der Waals surface area contributed by atoms with Crippen molar-refractivity contribution in [3.8, 4) is 0 Å². The maximum Gasteiger partial charge on any atom is 0.260 e. The molecule has 0 amide bonds. The lowest BCUT2D eigenvalue weighted by Gasteiger charge is -2.10. The van der Waals surface area contributed by atoms with E-state index in [1.807, 2.05) is 19.1 Å². The molecule has 0 aromatic heterocycles. The topological polar surface area (TPSA) is 50.5 Å². The Balaban J connectivity index is 1.94. The molecule has 0 unspecified atom stereocenters. The molecule has 1 N–H and O–H groups in total. The average Bonchev–Trinajstić information content (AvgIpc) is 2.88. The number of nitrogens with one attached hydrogen (secondary N) is 1. The average molecular weight is 310 g/mol. The van der Waals surface area contributed by atoms with Gasteiger partial charge in [0.25, 0.3) is 10.0 Å². The molecule has 0 heterocycles. The highest BCUT2D eigenvalue weighted by molar-refractivity contribution is 7.92. The smallest absolute Gasteiger partial charge is 0.260 e. The van der Waals surface area contributed by atoms with Crippen LogP contribution in [-0.4, -0.2) is 8.42 Å². The van der Waals surface area contributed by atoms with E-state index in [1.54, 1.807) is 18.2 Å². The quantitative estimate of drug-likeness (QED) is 0.871. The van der Waals surface area contributed by atoms with Gasteiger partial charge in [-0.2, -0.15) is 0 Å². The second kappa shape index (κ2) is 5.32. The molecular weight excluding hydrogens is 296 g/mol. The Morgan fingerprint density at radius 1 is 1.18 bits per heavy atom. The number of hydrogen-bond acceptors (Lipinski definition) is 2. The lowest BCUT2D eigenvalue weighted by Crippen LogP contribution is -2.13. The van der Waals surface area contributed by atoms with Crippen molar-refractivity contribution < 1.29 is 8.42 Å². The van der Waals surface area contributed by atoms with Crippen molar-refractivity contribution >= 4 is 27.0 Å². The summed E-state index contributed by atoms with van der Waals surface area (Å²) < 4.78 is 27.4. The molecule has 2 aromatic rings. The molecule has 0 fully saturated rings. The molecule has 0 bridgehead atoms. The van der Waals surface area contributed by atoms with Gasteiger partial charge in [-0.3, -0.25) is 4.72 Å². The number of rotatable bonds is 3. The van der Waals surface area contributed by atoms with Crippen LogP contribution in [0, 0.1) is 6.57 Å². The van der Waals surface area contributed by atoms with E-state index < -0.39 is 10.0 Å². The highest BCUT2D eigenvalue weighted by Gasteiger charge is 2.17. The highest BCUT2D eigenvalue weighted by Crippen LogP contribution is 2.30. The Labute approximate surface area is 130 Å². The summed E-state index contributed by atoms with van der Waals surface area (Å²) in [5, 5.41) is 0. The molecule has 110 valence electrons. The first-order valence-electron chi connectivity index (χ1n) is 6.80. The molecule has 0 spiro atoms. The van der Waals surface area contributed by atoms with Crippen LogP contribution in [0.2, 0.25) is 0 Å². The maximum absolute atomic E-state index is 12.4. The van der Waals surface area contributed by atoms with Crippen molar-refractivity contribution in [2.75, 3.05) is 4.72 Å². The van der Waals surface area contributed by atoms with E-state index in [2.05, 4.69) is 15.6 Å². The molecule has 1 aliphatic rings. The van der Waals surface area contributed by atoms with Gasteiger partial charge in [-0.05, 0) is 54.3 Å². The predicted molar refractivity (Wildman–Crippen MR) is 87.3 cm³/mol. The molecule has 0 saturated carbocycles. The fourth-order valence-corrected chi connectivity index (χ4v) is 3.58. The van der Waals surface area contributed by atoms with Gasteiger partial charge in [0.2, 0.25) is 0 Å². The van der Waals surface area contributed by atoms with E-state index >= 15 is 0 Å². The van der Waals surface area contributed by atoms with Crippen LogP contribution in [0.5, 0.6) is 0 Å². The molecule has 0 aliphatic heterocycles. The zero-order valence-electron chi connectivity index (χ0n) is 12.0. The van der Waals surface area contributed by atoms with Crippen LogP contribution in [-0.2, 0) is 16.4 Å².